The van der Waals surface area contributed by atoms with E-state index < -0.39 is 0 Å². The molecule has 4 heterocycles. The van der Waals surface area contributed by atoms with Crippen LogP contribution in [-0.4, -0.2) is 42.6 Å². The van der Waals surface area contributed by atoms with Gasteiger partial charge in [-0.25, -0.2) is 9.97 Å². The van der Waals surface area contributed by atoms with Crippen LogP contribution in [0.25, 0.3) is 33.6 Å². The van der Waals surface area contributed by atoms with E-state index in [1.54, 1.807) is 4.68 Å². The average molecular weight is 400 g/mol. The number of piperidine rings is 1. The molecule has 3 aromatic heterocycles. The maximum Gasteiger partial charge on any atom is 0.159 e. The highest BCUT2D eigenvalue weighted by Crippen LogP contribution is 2.25. The van der Waals surface area contributed by atoms with Crippen LogP contribution in [0, 0.1) is 5.92 Å². The summed E-state index contributed by atoms with van der Waals surface area (Å²) < 4.78 is 3.86. The van der Waals surface area contributed by atoms with Crippen molar-refractivity contribution in [1.82, 2.24) is 34.8 Å². The summed E-state index contributed by atoms with van der Waals surface area (Å²) in [6, 6.07) is 8.24. The molecule has 30 heavy (non-hydrogen) atoms. The van der Waals surface area contributed by atoms with Crippen molar-refractivity contribution in [2.45, 2.75) is 19.4 Å². The number of nitrogens with one attached hydrogen (secondary N) is 1. The molecule has 7 nitrogen and oxygen atoms in total. The zero-order valence-electron chi connectivity index (χ0n) is 17.1. The Morgan fingerprint density at radius 3 is 2.37 bits per heavy atom. The van der Waals surface area contributed by atoms with Crippen LogP contribution in [0.15, 0.2) is 61.4 Å². The number of rotatable bonds is 5. The minimum absolute atomic E-state index is 0.699. The highest BCUT2D eigenvalue weighted by atomic mass is 15.3. The molecule has 0 spiro atoms. The lowest BCUT2D eigenvalue weighted by Crippen LogP contribution is -2.29. The van der Waals surface area contributed by atoms with Crippen molar-refractivity contribution in [1.29, 1.82) is 0 Å². The standard InChI is InChI=1S/C23H25N7/c1-29-15-21(12-27-29)18-3-2-4-19(9-18)23-25-10-20(11-26-23)22-13-28-30(16-22)14-17-5-7-24-8-6-17/h2-4,9-13,15-17,24H,5-8,14H2,1H3. The van der Waals surface area contributed by atoms with E-state index >= 15 is 0 Å². The topological polar surface area (TPSA) is 73.5 Å². The Kier molecular flexibility index (Phi) is 5.11. The van der Waals surface area contributed by atoms with E-state index in [1.807, 2.05) is 50.2 Å². The molecule has 0 bridgehead atoms. The zero-order chi connectivity index (χ0) is 20.3. The third kappa shape index (κ3) is 4.02. The normalized spacial score (nSPS) is 14.8. The molecule has 7 heteroatoms. The molecule has 1 fully saturated rings. The van der Waals surface area contributed by atoms with E-state index in [0.29, 0.717) is 11.7 Å². The van der Waals surface area contributed by atoms with E-state index in [2.05, 4.69) is 48.5 Å². The molecule has 0 atom stereocenters. The number of aromatic nitrogens is 6. The largest absolute Gasteiger partial charge is 0.317 e. The Hall–Kier alpha value is -3.32. The number of aryl methyl sites for hydroxylation is 1. The van der Waals surface area contributed by atoms with Crippen molar-refractivity contribution < 1.29 is 0 Å². The fourth-order valence-corrected chi connectivity index (χ4v) is 3.98. The van der Waals surface area contributed by atoms with Crippen molar-refractivity contribution in [3.05, 3.63) is 61.4 Å². The quantitative estimate of drug-likeness (QED) is 0.557. The van der Waals surface area contributed by atoms with Crippen molar-refractivity contribution in [3.63, 3.8) is 0 Å². The highest BCUT2D eigenvalue weighted by Gasteiger charge is 2.14. The second-order valence-corrected chi connectivity index (χ2v) is 7.92. The van der Waals surface area contributed by atoms with Crippen molar-refractivity contribution in [3.8, 4) is 33.6 Å². The molecule has 0 radical (unpaired) electrons. The molecule has 5 rings (SSSR count). The van der Waals surface area contributed by atoms with Crippen LogP contribution in [0.4, 0.5) is 0 Å². The number of nitrogens with zero attached hydrogens (tertiary/aromatic N) is 6. The fraction of sp³-hybridized carbons (Fsp3) is 0.304. The van der Waals surface area contributed by atoms with Crippen molar-refractivity contribution in [2.75, 3.05) is 13.1 Å². The van der Waals surface area contributed by atoms with Gasteiger partial charge in [0.05, 0.1) is 12.4 Å². The van der Waals surface area contributed by atoms with Crippen LogP contribution < -0.4 is 5.32 Å². The summed E-state index contributed by atoms with van der Waals surface area (Å²) in [6.45, 7) is 3.19. The summed E-state index contributed by atoms with van der Waals surface area (Å²) in [5.74, 6) is 1.41. The van der Waals surface area contributed by atoms with Gasteiger partial charge in [-0.1, -0.05) is 18.2 Å². The molecular formula is C23H25N7. The van der Waals surface area contributed by atoms with Gasteiger partial charge in [-0.15, -0.1) is 0 Å². The first-order chi connectivity index (χ1) is 14.7. The fourth-order valence-electron chi connectivity index (χ4n) is 3.98. The van der Waals surface area contributed by atoms with Gasteiger partial charge in [-0.3, -0.25) is 9.36 Å². The van der Waals surface area contributed by atoms with Crippen LogP contribution in [0.5, 0.6) is 0 Å². The van der Waals surface area contributed by atoms with Gasteiger partial charge in [0.25, 0.3) is 0 Å². The van der Waals surface area contributed by atoms with Gasteiger partial charge in [0.1, 0.15) is 0 Å². The summed E-state index contributed by atoms with van der Waals surface area (Å²) in [4.78, 5) is 9.23. The lowest BCUT2D eigenvalue weighted by atomic mass is 9.98. The van der Waals surface area contributed by atoms with Crippen LogP contribution in [0.3, 0.4) is 0 Å². The van der Waals surface area contributed by atoms with Gasteiger partial charge < -0.3 is 5.32 Å². The smallest absolute Gasteiger partial charge is 0.159 e. The third-order valence-corrected chi connectivity index (χ3v) is 5.68. The second kappa shape index (κ2) is 8.20. The Morgan fingerprint density at radius 2 is 1.60 bits per heavy atom. The summed E-state index contributed by atoms with van der Waals surface area (Å²) in [7, 11) is 1.92. The molecule has 0 aliphatic carbocycles. The van der Waals surface area contributed by atoms with Gasteiger partial charge >= 0.3 is 0 Å². The summed E-state index contributed by atoms with van der Waals surface area (Å²) in [5.41, 5.74) is 5.22. The average Bonchev–Trinajstić information content (AvgIpc) is 3.44. The molecule has 0 saturated carbocycles. The van der Waals surface area contributed by atoms with Crippen molar-refractivity contribution >= 4 is 0 Å². The Morgan fingerprint density at radius 1 is 0.867 bits per heavy atom. The Balaban J connectivity index is 1.32. The molecule has 0 unspecified atom stereocenters. The molecule has 0 amide bonds. The molecule has 152 valence electrons. The zero-order valence-corrected chi connectivity index (χ0v) is 17.1. The number of hydrogen-bond acceptors (Lipinski definition) is 5. The summed E-state index contributed by atoms with van der Waals surface area (Å²) in [6.07, 6.45) is 14.1. The van der Waals surface area contributed by atoms with Gasteiger partial charge in [-0.2, -0.15) is 10.2 Å². The van der Waals surface area contributed by atoms with E-state index in [1.165, 1.54) is 12.8 Å². The number of hydrogen-bond donors (Lipinski definition) is 1. The van der Waals surface area contributed by atoms with Gasteiger partial charge in [0, 0.05) is 60.6 Å². The molecule has 4 aromatic rings. The monoisotopic (exact) mass is 399 g/mol. The third-order valence-electron chi connectivity index (χ3n) is 5.68. The van der Waals surface area contributed by atoms with E-state index in [4.69, 9.17) is 0 Å². The van der Waals surface area contributed by atoms with E-state index in [0.717, 1.165) is 47.5 Å². The Bertz CT molecular complexity index is 1120. The van der Waals surface area contributed by atoms with Gasteiger partial charge in [0.15, 0.2) is 5.82 Å². The lowest BCUT2D eigenvalue weighted by Gasteiger charge is -2.22. The van der Waals surface area contributed by atoms with E-state index in [9.17, 15) is 0 Å². The predicted octanol–water partition coefficient (Wildman–Crippen LogP) is 3.41. The van der Waals surface area contributed by atoms with Crippen LogP contribution in [0.1, 0.15) is 12.8 Å². The highest BCUT2D eigenvalue weighted by molar-refractivity contribution is 5.70. The van der Waals surface area contributed by atoms with Crippen molar-refractivity contribution in [2.24, 2.45) is 13.0 Å². The maximum absolute atomic E-state index is 4.61. The van der Waals surface area contributed by atoms with E-state index in [-0.39, 0.29) is 0 Å². The predicted molar refractivity (Wildman–Crippen MR) is 116 cm³/mol. The first kappa shape index (κ1) is 18.7. The minimum Gasteiger partial charge on any atom is -0.317 e. The van der Waals surface area contributed by atoms with Gasteiger partial charge in [-0.05, 0) is 43.5 Å². The summed E-state index contributed by atoms with van der Waals surface area (Å²) >= 11 is 0. The molecule has 1 N–H and O–H groups in total. The molecule has 1 saturated heterocycles. The first-order valence-electron chi connectivity index (χ1n) is 10.4. The SMILES string of the molecule is Cn1cc(-c2cccc(-c3ncc(-c4cnn(CC5CCNCC5)c4)cn3)c2)cn1. The lowest BCUT2D eigenvalue weighted by molar-refractivity contribution is 0.321. The van der Waals surface area contributed by atoms with Crippen LogP contribution in [-0.2, 0) is 13.6 Å². The van der Waals surface area contributed by atoms with Crippen LogP contribution in [0.2, 0.25) is 0 Å². The minimum atomic E-state index is 0.699. The summed E-state index contributed by atoms with van der Waals surface area (Å²) in [5, 5.41) is 12.2. The molecule has 1 aromatic carbocycles. The maximum atomic E-state index is 4.61. The molecular weight excluding hydrogens is 374 g/mol. The number of benzene rings is 1. The molecule has 1 aliphatic heterocycles. The van der Waals surface area contributed by atoms with Gasteiger partial charge in [0.2, 0.25) is 0 Å². The molecule has 1 aliphatic rings. The van der Waals surface area contributed by atoms with Crippen LogP contribution >= 0.6 is 0 Å². The second-order valence-electron chi connectivity index (χ2n) is 7.92. The first-order valence-corrected chi connectivity index (χ1v) is 10.4. The Labute approximate surface area is 175 Å².